The summed E-state index contributed by atoms with van der Waals surface area (Å²) >= 11 is 1.61. The molecule has 3 aromatic rings. The van der Waals surface area contributed by atoms with Gasteiger partial charge in [-0.15, -0.1) is 11.3 Å². The Hall–Kier alpha value is -2.91. The van der Waals surface area contributed by atoms with E-state index in [9.17, 15) is 4.79 Å². The number of aryl methyl sites for hydroxylation is 2. The van der Waals surface area contributed by atoms with E-state index in [1.165, 1.54) is 0 Å². The number of aromatic nitrogens is 3. The van der Waals surface area contributed by atoms with Crippen molar-refractivity contribution in [3.63, 3.8) is 0 Å². The van der Waals surface area contributed by atoms with Crippen molar-refractivity contribution in [3.8, 4) is 11.4 Å². The van der Waals surface area contributed by atoms with E-state index in [0.29, 0.717) is 30.4 Å². The molecule has 2 aromatic heterocycles. The Labute approximate surface area is 205 Å². The number of nitrogens with zero attached hydrogens (tertiary/aromatic N) is 5. The Kier molecular flexibility index (Phi) is 7.23. The van der Waals surface area contributed by atoms with Gasteiger partial charge in [0, 0.05) is 63.2 Å². The van der Waals surface area contributed by atoms with E-state index in [-0.39, 0.29) is 17.7 Å². The van der Waals surface area contributed by atoms with Gasteiger partial charge in [-0.05, 0) is 51.5 Å². The van der Waals surface area contributed by atoms with Gasteiger partial charge < -0.3 is 19.9 Å². The molecule has 34 heavy (non-hydrogen) atoms. The molecule has 1 aliphatic heterocycles. The third-order valence-corrected chi connectivity index (χ3v) is 7.13. The number of rotatable bonds is 8. The van der Waals surface area contributed by atoms with Crippen LogP contribution in [-0.4, -0.2) is 60.5 Å². The van der Waals surface area contributed by atoms with Crippen molar-refractivity contribution in [2.24, 2.45) is 0 Å². The fourth-order valence-electron chi connectivity index (χ4n) is 4.51. The molecule has 0 aliphatic carbocycles. The maximum Gasteiger partial charge on any atom is 0.277 e. The molecule has 0 bridgehead atoms. The first-order chi connectivity index (χ1) is 16.3. The highest BCUT2D eigenvalue weighted by Crippen LogP contribution is 2.28. The van der Waals surface area contributed by atoms with Gasteiger partial charge in [-0.25, -0.2) is 9.97 Å². The maximum atomic E-state index is 13.7. The van der Waals surface area contributed by atoms with E-state index in [0.717, 1.165) is 35.0 Å². The summed E-state index contributed by atoms with van der Waals surface area (Å²) in [7, 11) is 4.04. The van der Waals surface area contributed by atoms with Gasteiger partial charge in [-0.2, -0.15) is 0 Å². The van der Waals surface area contributed by atoms with Gasteiger partial charge in [-0.1, -0.05) is 0 Å². The molecular weight excluding hydrogens is 448 g/mol. The quantitative estimate of drug-likeness (QED) is 0.524. The summed E-state index contributed by atoms with van der Waals surface area (Å²) in [6, 6.07) is 6.21. The molecule has 0 spiro atoms. The lowest BCUT2D eigenvalue weighted by atomic mass is 10.1. The van der Waals surface area contributed by atoms with Crippen LogP contribution in [0.1, 0.15) is 25.1 Å². The number of hydrogen-bond donors (Lipinski definition) is 1. The first-order valence-corrected chi connectivity index (χ1v) is 12.6. The molecule has 1 N–H and O–H groups in total. The zero-order valence-electron chi connectivity index (χ0n) is 20.8. The van der Waals surface area contributed by atoms with Crippen molar-refractivity contribution in [1.29, 1.82) is 0 Å². The summed E-state index contributed by atoms with van der Waals surface area (Å²) in [6.45, 7) is 10.6. The predicted octanol–water partition coefficient (Wildman–Crippen LogP) is 3.78. The van der Waals surface area contributed by atoms with Gasteiger partial charge in [0.15, 0.2) is 5.13 Å². The first kappa shape index (κ1) is 24.2. The molecule has 1 unspecified atom stereocenters. The molecule has 4 rings (SSSR count). The first-order valence-electron chi connectivity index (χ1n) is 11.8. The van der Waals surface area contributed by atoms with Crippen LogP contribution in [0, 0.1) is 13.8 Å². The normalized spacial score (nSPS) is 17.9. The molecule has 8 nitrogen and oxygen atoms in total. The van der Waals surface area contributed by atoms with Crippen molar-refractivity contribution in [3.05, 3.63) is 51.4 Å². The van der Waals surface area contributed by atoms with Crippen LogP contribution in [0.5, 0.6) is 0 Å². The van der Waals surface area contributed by atoms with Gasteiger partial charge in [0.25, 0.3) is 5.56 Å². The van der Waals surface area contributed by atoms with E-state index in [2.05, 4.69) is 45.2 Å². The van der Waals surface area contributed by atoms with Crippen LogP contribution in [0.25, 0.3) is 11.4 Å². The van der Waals surface area contributed by atoms with Gasteiger partial charge in [0.1, 0.15) is 11.5 Å². The number of thiazole rings is 1. The topological polar surface area (TPSA) is 75.5 Å². The number of ether oxygens (including phenoxy) is 1. The Morgan fingerprint density at radius 1 is 1.24 bits per heavy atom. The van der Waals surface area contributed by atoms with Crippen LogP contribution in [0.15, 0.2) is 34.6 Å². The Bertz CT molecular complexity index is 1190. The fraction of sp³-hybridized carbons (Fsp3) is 0.480. The minimum absolute atomic E-state index is 0.0330. The summed E-state index contributed by atoms with van der Waals surface area (Å²) in [4.78, 5) is 27.3. The van der Waals surface area contributed by atoms with Gasteiger partial charge in [0.05, 0.1) is 17.8 Å². The van der Waals surface area contributed by atoms with Crippen molar-refractivity contribution in [1.82, 2.24) is 14.5 Å². The molecule has 1 aromatic carbocycles. The molecule has 0 radical (unpaired) electrons. The third-order valence-electron chi connectivity index (χ3n) is 6.30. The standard InChI is InChI=1S/C25H34N6O2S/c1-7-31-23(19-10-9-18(29(5)6)13-16(19)3)27-17(4)22(24(31)32)28-20-14-30(15-21(20)33-8-2)25-26-11-12-34-25/h9-13,20-21,28H,7-8,14-15H2,1-6H3/t20?,21-/m0/s1. The smallest absolute Gasteiger partial charge is 0.277 e. The molecule has 1 saturated heterocycles. The fourth-order valence-corrected chi connectivity index (χ4v) is 5.18. The highest BCUT2D eigenvalue weighted by molar-refractivity contribution is 7.13. The molecule has 1 aliphatic rings. The van der Waals surface area contributed by atoms with Crippen LogP contribution in [-0.2, 0) is 11.3 Å². The number of hydrogen-bond acceptors (Lipinski definition) is 8. The lowest BCUT2D eigenvalue weighted by Crippen LogP contribution is -2.38. The zero-order chi connectivity index (χ0) is 24.4. The van der Waals surface area contributed by atoms with E-state index >= 15 is 0 Å². The van der Waals surface area contributed by atoms with Crippen LogP contribution in [0.3, 0.4) is 0 Å². The van der Waals surface area contributed by atoms with Crippen LogP contribution in [0.2, 0.25) is 0 Å². The van der Waals surface area contributed by atoms with Crippen LogP contribution >= 0.6 is 11.3 Å². The molecule has 0 saturated carbocycles. The lowest BCUT2D eigenvalue weighted by molar-refractivity contribution is 0.0720. The Morgan fingerprint density at radius 2 is 2.03 bits per heavy atom. The average molecular weight is 483 g/mol. The summed E-state index contributed by atoms with van der Waals surface area (Å²) in [5, 5.41) is 6.46. The zero-order valence-corrected chi connectivity index (χ0v) is 21.6. The van der Waals surface area contributed by atoms with Gasteiger partial charge >= 0.3 is 0 Å². The second-order valence-corrected chi connectivity index (χ2v) is 9.68. The van der Waals surface area contributed by atoms with Crippen molar-refractivity contribution >= 4 is 27.8 Å². The molecular formula is C25H34N6O2S. The molecule has 1 fully saturated rings. The monoisotopic (exact) mass is 482 g/mol. The van der Waals surface area contributed by atoms with Crippen molar-refractivity contribution < 1.29 is 4.74 Å². The molecule has 3 heterocycles. The molecule has 9 heteroatoms. The van der Waals surface area contributed by atoms with Gasteiger partial charge in [-0.3, -0.25) is 9.36 Å². The number of nitrogens with one attached hydrogen (secondary N) is 1. The van der Waals surface area contributed by atoms with Crippen molar-refractivity contribution in [2.75, 3.05) is 48.9 Å². The largest absolute Gasteiger partial charge is 0.378 e. The highest BCUT2D eigenvalue weighted by atomic mass is 32.1. The van der Waals surface area contributed by atoms with E-state index in [1.54, 1.807) is 15.9 Å². The van der Waals surface area contributed by atoms with Gasteiger partial charge in [0.2, 0.25) is 0 Å². The summed E-state index contributed by atoms with van der Waals surface area (Å²) in [5.74, 6) is 0.704. The Balaban J connectivity index is 1.68. The molecule has 0 amide bonds. The molecule has 182 valence electrons. The molecule has 2 atom stereocenters. The minimum Gasteiger partial charge on any atom is -0.378 e. The summed E-state index contributed by atoms with van der Waals surface area (Å²) < 4.78 is 7.79. The average Bonchev–Trinajstić information content (AvgIpc) is 3.47. The van der Waals surface area contributed by atoms with Crippen LogP contribution in [0.4, 0.5) is 16.5 Å². The number of anilines is 3. The third kappa shape index (κ3) is 4.67. The summed E-state index contributed by atoms with van der Waals surface area (Å²) in [5.41, 5.74) is 4.38. The second-order valence-electron chi connectivity index (χ2n) is 8.80. The predicted molar refractivity (Wildman–Crippen MR) is 141 cm³/mol. The van der Waals surface area contributed by atoms with E-state index in [4.69, 9.17) is 9.72 Å². The minimum atomic E-state index is -0.0518. The SMILES string of the molecule is CCO[C@H]1CN(c2nccs2)CC1Nc1c(C)nc(-c2ccc(N(C)C)cc2C)n(CC)c1=O. The Morgan fingerprint density at radius 3 is 2.65 bits per heavy atom. The summed E-state index contributed by atoms with van der Waals surface area (Å²) in [6.07, 6.45) is 1.78. The second kappa shape index (κ2) is 10.1. The highest BCUT2D eigenvalue weighted by Gasteiger charge is 2.35. The lowest BCUT2D eigenvalue weighted by Gasteiger charge is -2.23. The maximum absolute atomic E-state index is 13.7. The van der Waals surface area contributed by atoms with E-state index in [1.807, 2.05) is 46.4 Å². The van der Waals surface area contributed by atoms with Crippen LogP contribution < -0.4 is 20.7 Å². The van der Waals surface area contributed by atoms with E-state index < -0.39 is 0 Å². The van der Waals surface area contributed by atoms with Crippen molar-refractivity contribution in [2.45, 2.75) is 46.4 Å². The number of benzene rings is 1.